The van der Waals surface area contributed by atoms with Crippen LogP contribution in [-0.2, 0) is 11.2 Å². The van der Waals surface area contributed by atoms with Crippen LogP contribution in [0, 0.1) is 0 Å². The first-order chi connectivity index (χ1) is 10.9. The third-order valence-electron chi connectivity index (χ3n) is 3.37. The molecule has 0 saturated carbocycles. The van der Waals surface area contributed by atoms with Crippen LogP contribution in [0.3, 0.4) is 0 Å². The minimum atomic E-state index is 0.159. The van der Waals surface area contributed by atoms with Crippen LogP contribution in [0.4, 0.5) is 0 Å². The molecule has 0 spiro atoms. The number of nitrogens with zero attached hydrogens (tertiary/aromatic N) is 2. The zero-order valence-electron chi connectivity index (χ0n) is 13.9. The Bertz CT molecular complexity index is 668. The molecule has 0 atom stereocenters. The summed E-state index contributed by atoms with van der Waals surface area (Å²) < 4.78 is 0. The van der Waals surface area contributed by atoms with Gasteiger partial charge in [0.2, 0.25) is 0 Å². The van der Waals surface area contributed by atoms with Crippen LogP contribution in [0.25, 0.3) is 0 Å². The Morgan fingerprint density at radius 2 is 1.70 bits per heavy atom. The Balaban J connectivity index is 1.89. The van der Waals surface area contributed by atoms with Gasteiger partial charge in [0, 0.05) is 5.75 Å². The van der Waals surface area contributed by atoms with Crippen molar-refractivity contribution < 1.29 is 0 Å². The van der Waals surface area contributed by atoms with Crippen molar-refractivity contribution in [1.29, 1.82) is 0 Å². The fraction of sp³-hybridized carbons (Fsp3) is 0.263. The predicted molar refractivity (Wildman–Crippen MR) is 102 cm³/mol. The van der Waals surface area contributed by atoms with Gasteiger partial charge in [-0.2, -0.15) is 5.10 Å². The van der Waals surface area contributed by atoms with Crippen LogP contribution in [0.5, 0.6) is 0 Å². The van der Waals surface area contributed by atoms with Gasteiger partial charge >= 0.3 is 0 Å². The highest BCUT2D eigenvalue weighted by atomic mass is 32.2. The van der Waals surface area contributed by atoms with Gasteiger partial charge in [0.1, 0.15) is 0 Å². The maximum Gasteiger partial charge on any atom is 0.180 e. The number of hydrogen-bond acceptors (Lipinski definition) is 3. The second-order valence-corrected chi connectivity index (χ2v) is 7.32. The van der Waals surface area contributed by atoms with Crippen LogP contribution in [0.2, 0.25) is 0 Å². The van der Waals surface area contributed by atoms with Crippen LogP contribution >= 0.6 is 11.8 Å². The van der Waals surface area contributed by atoms with Crippen molar-refractivity contribution in [3.63, 3.8) is 0 Å². The fourth-order valence-corrected chi connectivity index (χ4v) is 2.59. The van der Waals surface area contributed by atoms with Gasteiger partial charge in [0.05, 0.1) is 6.21 Å². The van der Waals surface area contributed by atoms with Crippen molar-refractivity contribution in [2.24, 2.45) is 15.9 Å². The monoisotopic (exact) mass is 325 g/mol. The summed E-state index contributed by atoms with van der Waals surface area (Å²) in [4.78, 5) is 0. The van der Waals surface area contributed by atoms with Crippen LogP contribution < -0.4 is 5.73 Å². The van der Waals surface area contributed by atoms with E-state index in [4.69, 9.17) is 5.73 Å². The van der Waals surface area contributed by atoms with Crippen molar-refractivity contribution >= 4 is 23.1 Å². The summed E-state index contributed by atoms with van der Waals surface area (Å²) in [5.74, 6) is 0.798. The van der Waals surface area contributed by atoms with Crippen molar-refractivity contribution in [1.82, 2.24) is 0 Å². The number of rotatable bonds is 4. The molecule has 23 heavy (non-hydrogen) atoms. The standard InChI is InChI=1S/C19H23N3S/c1-19(2,3)17-11-9-15(10-12-17)13-21-22-18(20)23-14-16-7-5-4-6-8-16/h4-13H,14H2,1-3H3,(H2,20,22). The lowest BCUT2D eigenvalue weighted by Gasteiger charge is -2.18. The summed E-state index contributed by atoms with van der Waals surface area (Å²) in [6.45, 7) is 6.60. The SMILES string of the molecule is CC(C)(C)c1ccc(C=NN=C(N)SCc2ccccc2)cc1. The van der Waals surface area contributed by atoms with Crippen molar-refractivity contribution in [2.45, 2.75) is 31.9 Å². The lowest BCUT2D eigenvalue weighted by atomic mass is 9.87. The second-order valence-electron chi connectivity index (χ2n) is 6.33. The molecule has 0 radical (unpaired) electrons. The van der Waals surface area contributed by atoms with Crippen LogP contribution in [-0.4, -0.2) is 11.4 Å². The summed E-state index contributed by atoms with van der Waals surface area (Å²) in [7, 11) is 0. The van der Waals surface area contributed by atoms with Gasteiger partial charge in [0.15, 0.2) is 5.17 Å². The van der Waals surface area contributed by atoms with E-state index in [0.717, 1.165) is 11.3 Å². The lowest BCUT2D eigenvalue weighted by Crippen LogP contribution is -2.10. The zero-order chi connectivity index (χ0) is 16.7. The number of nitrogens with two attached hydrogens (primary N) is 1. The number of hydrogen-bond donors (Lipinski definition) is 1. The van der Waals surface area contributed by atoms with Crippen molar-refractivity contribution in [3.8, 4) is 0 Å². The van der Waals surface area contributed by atoms with Crippen molar-refractivity contribution in [3.05, 3.63) is 71.3 Å². The molecule has 0 unspecified atom stereocenters. The topological polar surface area (TPSA) is 50.7 Å². The summed E-state index contributed by atoms with van der Waals surface area (Å²) in [6, 6.07) is 18.5. The van der Waals surface area contributed by atoms with E-state index >= 15 is 0 Å². The van der Waals surface area contributed by atoms with Gasteiger partial charge in [-0.1, -0.05) is 87.1 Å². The maximum atomic E-state index is 5.87. The summed E-state index contributed by atoms with van der Waals surface area (Å²) in [5, 5.41) is 8.56. The molecule has 2 N–H and O–H groups in total. The van der Waals surface area contributed by atoms with E-state index in [1.165, 1.54) is 22.9 Å². The van der Waals surface area contributed by atoms with E-state index in [1.807, 2.05) is 30.3 Å². The Hall–Kier alpha value is -2.07. The normalized spacial score (nSPS) is 12.7. The first-order valence-electron chi connectivity index (χ1n) is 7.59. The molecule has 0 aliphatic carbocycles. The summed E-state index contributed by atoms with van der Waals surface area (Å²) in [5.41, 5.74) is 9.56. The molecular formula is C19H23N3S. The quantitative estimate of drug-likeness (QED) is 0.509. The average molecular weight is 325 g/mol. The first kappa shape index (κ1) is 17.3. The molecule has 0 heterocycles. The van der Waals surface area contributed by atoms with E-state index < -0.39 is 0 Å². The largest absolute Gasteiger partial charge is 0.377 e. The van der Waals surface area contributed by atoms with Crippen LogP contribution in [0.15, 0.2) is 64.8 Å². The molecule has 3 nitrogen and oxygen atoms in total. The molecule has 0 aliphatic heterocycles. The smallest absolute Gasteiger partial charge is 0.180 e. The zero-order valence-corrected chi connectivity index (χ0v) is 14.7. The molecule has 0 aromatic heterocycles. The van der Waals surface area contributed by atoms with Gasteiger partial charge in [0.25, 0.3) is 0 Å². The molecule has 2 rings (SSSR count). The summed E-state index contributed by atoms with van der Waals surface area (Å²) in [6.07, 6.45) is 1.72. The van der Waals surface area contributed by atoms with Crippen molar-refractivity contribution in [2.75, 3.05) is 0 Å². The average Bonchev–Trinajstić information content (AvgIpc) is 2.53. The van der Waals surface area contributed by atoms with E-state index in [1.54, 1.807) is 6.21 Å². The molecule has 0 aliphatic rings. The molecule has 0 bridgehead atoms. The minimum Gasteiger partial charge on any atom is -0.377 e. The van der Waals surface area contributed by atoms with E-state index in [-0.39, 0.29) is 5.41 Å². The van der Waals surface area contributed by atoms with E-state index in [2.05, 4.69) is 55.2 Å². The summed E-state index contributed by atoms with van der Waals surface area (Å²) >= 11 is 1.48. The number of thioether (sulfide) groups is 1. The molecule has 0 amide bonds. The van der Waals surface area contributed by atoms with E-state index in [0.29, 0.717) is 5.17 Å². The minimum absolute atomic E-state index is 0.159. The maximum absolute atomic E-state index is 5.87. The number of amidine groups is 1. The van der Waals surface area contributed by atoms with Gasteiger partial charge < -0.3 is 5.73 Å². The second kappa shape index (κ2) is 7.97. The Kier molecular flexibility index (Phi) is 5.99. The molecule has 2 aromatic rings. The third-order valence-corrected chi connectivity index (χ3v) is 4.22. The van der Waals surface area contributed by atoms with Gasteiger partial charge in [-0.3, -0.25) is 0 Å². The van der Waals surface area contributed by atoms with Gasteiger partial charge in [-0.05, 0) is 22.1 Å². The molecule has 0 saturated heterocycles. The molecular weight excluding hydrogens is 302 g/mol. The highest BCUT2D eigenvalue weighted by molar-refractivity contribution is 8.13. The lowest BCUT2D eigenvalue weighted by molar-refractivity contribution is 0.590. The van der Waals surface area contributed by atoms with E-state index in [9.17, 15) is 0 Å². The first-order valence-corrected chi connectivity index (χ1v) is 8.57. The highest BCUT2D eigenvalue weighted by Gasteiger charge is 2.12. The Labute approximate surface area is 142 Å². The molecule has 0 fully saturated rings. The molecule has 4 heteroatoms. The Morgan fingerprint density at radius 3 is 2.30 bits per heavy atom. The van der Waals surface area contributed by atoms with Crippen LogP contribution in [0.1, 0.15) is 37.5 Å². The number of benzene rings is 2. The predicted octanol–water partition coefficient (Wildman–Crippen LogP) is 4.57. The fourth-order valence-electron chi connectivity index (χ4n) is 1.98. The Morgan fingerprint density at radius 1 is 1.04 bits per heavy atom. The van der Waals surface area contributed by atoms with Gasteiger partial charge in [-0.25, -0.2) is 0 Å². The third kappa shape index (κ3) is 5.91. The molecule has 120 valence electrons. The highest BCUT2D eigenvalue weighted by Crippen LogP contribution is 2.21. The van der Waals surface area contributed by atoms with Gasteiger partial charge in [-0.15, -0.1) is 5.10 Å². The molecule has 2 aromatic carbocycles.